The van der Waals surface area contributed by atoms with Gasteiger partial charge in [0.05, 0.1) is 10.7 Å². The van der Waals surface area contributed by atoms with E-state index >= 15 is 0 Å². The molecule has 1 aromatic carbocycles. The Kier molecular flexibility index (Phi) is 3.56. The number of aryl methyl sites for hydroxylation is 2. The molecule has 1 nitrogen and oxygen atoms in total. The molecule has 1 heterocycles. The molecule has 0 N–H and O–H groups in total. The van der Waals surface area contributed by atoms with Gasteiger partial charge in [-0.3, -0.25) is 0 Å². The van der Waals surface area contributed by atoms with Gasteiger partial charge in [-0.1, -0.05) is 0 Å². The van der Waals surface area contributed by atoms with Crippen LogP contribution in [0.15, 0.2) is 24.3 Å². The molecule has 0 bridgehead atoms. The Hall–Kier alpha value is -0.930. The van der Waals surface area contributed by atoms with Gasteiger partial charge in [-0.15, -0.1) is 22.9 Å². The maximum atomic E-state index is 12.8. The van der Waals surface area contributed by atoms with Crippen molar-refractivity contribution in [3.05, 3.63) is 40.0 Å². The Morgan fingerprint density at radius 2 is 2.00 bits per heavy atom. The number of hydrogen-bond acceptors (Lipinski definition) is 2. The fourth-order valence-electron chi connectivity index (χ4n) is 1.56. The summed E-state index contributed by atoms with van der Waals surface area (Å²) in [5.74, 6) is 0.352. The van der Waals surface area contributed by atoms with Crippen LogP contribution in [0.2, 0.25) is 0 Å². The number of aromatic nitrogens is 1. The van der Waals surface area contributed by atoms with Crippen LogP contribution < -0.4 is 0 Å². The molecule has 16 heavy (non-hydrogen) atoms. The first-order valence-electron chi connectivity index (χ1n) is 4.99. The molecule has 0 atom stereocenters. The molecule has 0 amide bonds. The molecule has 0 fully saturated rings. The molecule has 0 radical (unpaired) electrons. The highest BCUT2D eigenvalue weighted by molar-refractivity contribution is 7.12. The molecule has 0 saturated heterocycles. The minimum absolute atomic E-state index is 0.227. The van der Waals surface area contributed by atoms with E-state index < -0.39 is 0 Å². The summed E-state index contributed by atoms with van der Waals surface area (Å²) in [6.45, 7) is 1.97. The zero-order valence-electron chi connectivity index (χ0n) is 8.84. The van der Waals surface area contributed by atoms with Crippen LogP contribution in [0.3, 0.4) is 0 Å². The fraction of sp³-hybridized carbons (Fsp3) is 0.250. The van der Waals surface area contributed by atoms with Gasteiger partial charge in [-0.05, 0) is 37.6 Å². The molecule has 0 aliphatic rings. The van der Waals surface area contributed by atoms with Crippen molar-refractivity contribution >= 4 is 22.9 Å². The van der Waals surface area contributed by atoms with Gasteiger partial charge in [-0.2, -0.15) is 0 Å². The molecule has 4 heteroatoms. The van der Waals surface area contributed by atoms with E-state index in [0.29, 0.717) is 5.88 Å². The first-order chi connectivity index (χ1) is 7.70. The topological polar surface area (TPSA) is 12.9 Å². The van der Waals surface area contributed by atoms with E-state index in [-0.39, 0.29) is 5.82 Å². The average Bonchev–Trinajstić information content (AvgIpc) is 2.61. The molecule has 2 aromatic rings. The summed E-state index contributed by atoms with van der Waals surface area (Å²) in [7, 11) is 0. The third-order valence-electron chi connectivity index (χ3n) is 2.24. The molecule has 0 saturated carbocycles. The van der Waals surface area contributed by atoms with Gasteiger partial charge in [0.15, 0.2) is 0 Å². The van der Waals surface area contributed by atoms with Crippen molar-refractivity contribution in [1.82, 2.24) is 4.98 Å². The maximum Gasteiger partial charge on any atom is 0.123 e. The Labute approximate surface area is 103 Å². The van der Waals surface area contributed by atoms with Crippen molar-refractivity contribution in [2.75, 3.05) is 5.88 Å². The Balaban J connectivity index is 2.42. The summed E-state index contributed by atoms with van der Waals surface area (Å²) in [6, 6.07) is 6.41. The Morgan fingerprint density at radius 3 is 2.62 bits per heavy atom. The van der Waals surface area contributed by atoms with Gasteiger partial charge in [0.1, 0.15) is 5.82 Å². The first-order valence-corrected chi connectivity index (χ1v) is 6.34. The molecule has 0 spiro atoms. The SMILES string of the molecule is Cc1nc(-c2ccc(F)cc2)c(CCCl)s1. The lowest BCUT2D eigenvalue weighted by Crippen LogP contribution is -1.87. The summed E-state index contributed by atoms with van der Waals surface area (Å²) in [5.41, 5.74) is 1.88. The molecule has 0 unspecified atom stereocenters. The predicted octanol–water partition coefficient (Wildman–Crippen LogP) is 4.04. The van der Waals surface area contributed by atoms with Crippen molar-refractivity contribution in [2.45, 2.75) is 13.3 Å². The smallest absolute Gasteiger partial charge is 0.123 e. The highest BCUT2D eigenvalue weighted by Crippen LogP contribution is 2.28. The van der Waals surface area contributed by atoms with E-state index in [1.54, 1.807) is 23.5 Å². The van der Waals surface area contributed by atoms with Crippen molar-refractivity contribution in [3.8, 4) is 11.3 Å². The second kappa shape index (κ2) is 4.93. The number of halogens is 2. The third-order valence-corrected chi connectivity index (χ3v) is 3.46. The predicted molar refractivity (Wildman–Crippen MR) is 66.7 cm³/mol. The highest BCUT2D eigenvalue weighted by Gasteiger charge is 2.10. The van der Waals surface area contributed by atoms with Gasteiger partial charge in [0.2, 0.25) is 0 Å². The quantitative estimate of drug-likeness (QED) is 0.755. The first kappa shape index (κ1) is 11.6. The molecule has 0 aliphatic heterocycles. The molecular weight excluding hydrogens is 245 g/mol. The van der Waals surface area contributed by atoms with E-state index in [1.807, 2.05) is 6.92 Å². The van der Waals surface area contributed by atoms with Crippen LogP contribution in [0.4, 0.5) is 4.39 Å². The Bertz CT molecular complexity index is 478. The second-order valence-electron chi connectivity index (χ2n) is 3.45. The second-order valence-corrected chi connectivity index (χ2v) is 5.12. The largest absolute Gasteiger partial charge is 0.241 e. The van der Waals surface area contributed by atoms with Crippen molar-refractivity contribution in [3.63, 3.8) is 0 Å². The fourth-order valence-corrected chi connectivity index (χ4v) is 2.82. The third kappa shape index (κ3) is 2.42. The zero-order chi connectivity index (χ0) is 11.5. The van der Waals surface area contributed by atoms with Gasteiger partial charge in [0, 0.05) is 16.3 Å². The molecule has 0 aliphatic carbocycles. The van der Waals surface area contributed by atoms with E-state index in [2.05, 4.69) is 4.98 Å². The number of hydrogen-bond donors (Lipinski definition) is 0. The van der Waals surface area contributed by atoms with Crippen LogP contribution >= 0.6 is 22.9 Å². The molecular formula is C12H11ClFNS. The number of rotatable bonds is 3. The number of thiazole rings is 1. The van der Waals surface area contributed by atoms with Gasteiger partial charge < -0.3 is 0 Å². The minimum Gasteiger partial charge on any atom is -0.241 e. The lowest BCUT2D eigenvalue weighted by atomic mass is 10.1. The summed E-state index contributed by atoms with van der Waals surface area (Å²) >= 11 is 7.40. The van der Waals surface area contributed by atoms with Crippen molar-refractivity contribution in [2.24, 2.45) is 0 Å². The zero-order valence-corrected chi connectivity index (χ0v) is 10.4. The minimum atomic E-state index is -0.227. The monoisotopic (exact) mass is 255 g/mol. The van der Waals surface area contributed by atoms with Crippen LogP contribution in [0.5, 0.6) is 0 Å². The molecule has 84 valence electrons. The summed E-state index contributed by atoms with van der Waals surface area (Å²) in [4.78, 5) is 5.63. The van der Waals surface area contributed by atoms with Crippen molar-refractivity contribution < 1.29 is 4.39 Å². The number of benzene rings is 1. The summed E-state index contributed by atoms with van der Waals surface area (Å²) < 4.78 is 12.8. The van der Waals surface area contributed by atoms with Crippen LogP contribution in [0, 0.1) is 12.7 Å². The lowest BCUT2D eigenvalue weighted by molar-refractivity contribution is 0.628. The summed E-state index contributed by atoms with van der Waals surface area (Å²) in [5, 5.41) is 1.01. The number of nitrogens with zero attached hydrogens (tertiary/aromatic N) is 1. The maximum absolute atomic E-state index is 12.8. The highest BCUT2D eigenvalue weighted by atomic mass is 35.5. The van der Waals surface area contributed by atoms with Crippen molar-refractivity contribution in [1.29, 1.82) is 0 Å². The van der Waals surface area contributed by atoms with Gasteiger partial charge >= 0.3 is 0 Å². The van der Waals surface area contributed by atoms with Crippen LogP contribution in [-0.4, -0.2) is 10.9 Å². The van der Waals surface area contributed by atoms with Crippen LogP contribution in [-0.2, 0) is 6.42 Å². The van der Waals surface area contributed by atoms with Gasteiger partial charge in [-0.25, -0.2) is 9.37 Å². The summed E-state index contributed by atoms with van der Waals surface area (Å²) in [6.07, 6.45) is 0.805. The van der Waals surface area contributed by atoms with Gasteiger partial charge in [0.25, 0.3) is 0 Å². The normalized spacial score (nSPS) is 10.7. The molecule has 2 rings (SSSR count). The lowest BCUT2D eigenvalue weighted by Gasteiger charge is -2.00. The average molecular weight is 256 g/mol. The molecule has 1 aromatic heterocycles. The van der Waals surface area contributed by atoms with E-state index in [4.69, 9.17) is 11.6 Å². The van der Waals surface area contributed by atoms with Crippen LogP contribution in [0.1, 0.15) is 9.88 Å². The standard InChI is InChI=1S/C12H11ClFNS/c1-8-15-12(11(16-8)6-7-13)9-2-4-10(14)5-3-9/h2-5H,6-7H2,1H3. The Morgan fingerprint density at radius 1 is 1.31 bits per heavy atom. The van der Waals surface area contributed by atoms with E-state index in [9.17, 15) is 4.39 Å². The van der Waals surface area contributed by atoms with Crippen LogP contribution in [0.25, 0.3) is 11.3 Å². The number of alkyl halides is 1. The van der Waals surface area contributed by atoms with E-state index in [1.165, 1.54) is 17.0 Å². The van der Waals surface area contributed by atoms with E-state index in [0.717, 1.165) is 22.7 Å².